The Hall–Kier alpha value is 0.880. The van der Waals surface area contributed by atoms with Crippen molar-refractivity contribution in [2.45, 2.75) is 0 Å². The molecule has 9 heavy (non-hydrogen) atoms. The quantitative estimate of drug-likeness (QED) is 0.563. The van der Waals surface area contributed by atoms with Crippen molar-refractivity contribution < 1.29 is 16.8 Å². The van der Waals surface area contributed by atoms with Gasteiger partial charge >= 0.3 is 9.24 Å². The van der Waals surface area contributed by atoms with Gasteiger partial charge in [-0.15, -0.1) is 0 Å². The van der Waals surface area contributed by atoms with Crippen molar-refractivity contribution in [1.82, 2.24) is 4.13 Å². The molecule has 9 heteroatoms. The molecular weight excluding hydrogens is 304 g/mol. The Morgan fingerprint density at radius 1 is 1.22 bits per heavy atom. The van der Waals surface area contributed by atoms with Crippen LogP contribution in [-0.2, 0) is 16.4 Å². The SMILES string of the molecule is O=S(=O)(Cl)NS(=O)(=O)I. The molecule has 0 atom stereocenters. The van der Waals surface area contributed by atoms with Gasteiger partial charge in [0, 0.05) is 10.7 Å². The Labute approximate surface area is 69.0 Å². The monoisotopic (exact) mass is 305 g/mol. The molecule has 0 aromatic carbocycles. The maximum Gasteiger partial charge on any atom is 0.310 e. The Morgan fingerprint density at radius 3 is 1.56 bits per heavy atom. The molecule has 0 unspecified atom stereocenters. The lowest BCUT2D eigenvalue weighted by molar-refractivity contribution is 0.594. The summed E-state index contributed by atoms with van der Waals surface area (Å²) in [5.74, 6) is 0. The van der Waals surface area contributed by atoms with Crippen molar-refractivity contribution in [3.8, 4) is 0 Å². The highest BCUT2D eigenvalue weighted by atomic mass is 127. The van der Waals surface area contributed by atoms with Crippen molar-refractivity contribution in [2.75, 3.05) is 0 Å². The summed E-state index contributed by atoms with van der Waals surface area (Å²) < 4.78 is 41.1. The molecule has 0 aliphatic heterocycles. The van der Waals surface area contributed by atoms with E-state index in [1.807, 2.05) is 0 Å². The van der Waals surface area contributed by atoms with Gasteiger partial charge < -0.3 is 0 Å². The highest BCUT2D eigenvalue weighted by Crippen LogP contribution is 2.00. The van der Waals surface area contributed by atoms with Gasteiger partial charge in [-0.25, -0.2) is 8.42 Å². The Bertz CT molecular complexity index is 244. The molecule has 0 heterocycles. The van der Waals surface area contributed by atoms with Crippen LogP contribution in [0.1, 0.15) is 0 Å². The second-order valence-electron chi connectivity index (χ2n) is 0.959. The molecule has 0 amide bonds. The molecule has 0 aliphatic rings. The van der Waals surface area contributed by atoms with Crippen LogP contribution in [0.2, 0.25) is 0 Å². The van der Waals surface area contributed by atoms with E-state index in [0.29, 0.717) is 0 Å². The smallest absolute Gasteiger partial charge is 0.201 e. The van der Waals surface area contributed by atoms with Crippen LogP contribution in [0, 0.1) is 0 Å². The summed E-state index contributed by atoms with van der Waals surface area (Å²) in [6.45, 7) is 0. The van der Waals surface area contributed by atoms with Crippen LogP contribution in [0.3, 0.4) is 0 Å². The molecule has 0 aromatic rings. The van der Waals surface area contributed by atoms with Gasteiger partial charge in [-0.05, 0) is 0 Å². The molecule has 0 aliphatic carbocycles. The van der Waals surface area contributed by atoms with Gasteiger partial charge in [0.1, 0.15) is 0 Å². The molecule has 0 spiro atoms. The summed E-state index contributed by atoms with van der Waals surface area (Å²) in [6, 6.07) is 0. The second kappa shape index (κ2) is 2.86. The third-order valence-electron chi connectivity index (χ3n) is 0.199. The third kappa shape index (κ3) is 8.88. The van der Waals surface area contributed by atoms with Crippen molar-refractivity contribution in [1.29, 1.82) is 0 Å². The first-order chi connectivity index (χ1) is 3.71. The minimum absolute atomic E-state index is 0.899. The minimum Gasteiger partial charge on any atom is -0.201 e. The molecule has 5 nitrogen and oxygen atoms in total. The largest absolute Gasteiger partial charge is 0.310 e. The Kier molecular flexibility index (Phi) is 3.14. The van der Waals surface area contributed by atoms with Gasteiger partial charge in [0.05, 0.1) is 21.2 Å². The summed E-state index contributed by atoms with van der Waals surface area (Å²) in [6.07, 6.45) is 0. The van der Waals surface area contributed by atoms with Crippen LogP contribution >= 0.6 is 31.9 Å². The van der Waals surface area contributed by atoms with Crippen LogP contribution in [-0.4, -0.2) is 16.8 Å². The zero-order valence-electron chi connectivity index (χ0n) is 3.71. The zero-order valence-corrected chi connectivity index (χ0v) is 8.25. The molecule has 0 radical (unpaired) electrons. The van der Waals surface area contributed by atoms with E-state index < -0.39 is 16.4 Å². The van der Waals surface area contributed by atoms with Gasteiger partial charge in [-0.3, -0.25) is 0 Å². The van der Waals surface area contributed by atoms with Crippen LogP contribution in [0.15, 0.2) is 0 Å². The van der Waals surface area contributed by atoms with E-state index in [1.165, 1.54) is 0 Å². The van der Waals surface area contributed by atoms with Crippen molar-refractivity contribution in [3.63, 3.8) is 0 Å². The minimum atomic E-state index is -4.16. The molecule has 0 rings (SSSR count). The van der Waals surface area contributed by atoms with E-state index in [-0.39, 0.29) is 0 Å². The van der Waals surface area contributed by atoms with Gasteiger partial charge in [0.15, 0.2) is 0 Å². The van der Waals surface area contributed by atoms with Gasteiger partial charge in [0.2, 0.25) is 0 Å². The van der Waals surface area contributed by atoms with Crippen molar-refractivity contribution in [2.24, 2.45) is 0 Å². The molecule has 0 saturated heterocycles. The number of nitrogens with one attached hydrogen (secondary N) is 1. The molecule has 0 saturated carbocycles. The lowest BCUT2D eigenvalue weighted by atomic mass is 13.9. The van der Waals surface area contributed by atoms with E-state index in [0.717, 1.165) is 25.3 Å². The number of halogens is 2. The fourth-order valence-corrected chi connectivity index (χ4v) is 4.90. The maximum atomic E-state index is 10.1. The fourth-order valence-electron chi connectivity index (χ4n) is 0.119. The van der Waals surface area contributed by atoms with Crippen LogP contribution in [0.4, 0.5) is 0 Å². The summed E-state index contributed by atoms with van der Waals surface area (Å²) in [5.41, 5.74) is 0. The van der Waals surface area contributed by atoms with E-state index in [4.69, 9.17) is 0 Å². The normalized spacial score (nSPS) is 13.6. The predicted molar refractivity (Wildman–Crippen MR) is 40.8 cm³/mol. The Morgan fingerprint density at radius 2 is 1.56 bits per heavy atom. The Balaban J connectivity index is 4.46. The third-order valence-corrected chi connectivity index (χ3v) is 3.98. The van der Waals surface area contributed by atoms with E-state index >= 15 is 0 Å². The van der Waals surface area contributed by atoms with Gasteiger partial charge in [-0.1, -0.05) is 4.13 Å². The number of hydrogen-bond acceptors (Lipinski definition) is 4. The summed E-state index contributed by atoms with van der Waals surface area (Å²) in [5, 5.41) is 0. The van der Waals surface area contributed by atoms with Crippen molar-refractivity contribution >= 4 is 48.3 Å². The average Bonchev–Trinajstić information content (AvgIpc) is 1.14. The fraction of sp³-hybridized carbons (Fsp3) is 0. The summed E-state index contributed by atoms with van der Waals surface area (Å²) in [7, 11) is -3.44. The molecule has 0 fully saturated rings. The van der Waals surface area contributed by atoms with E-state index in [2.05, 4.69) is 10.7 Å². The molecule has 56 valence electrons. The second-order valence-corrected chi connectivity index (χ2v) is 8.07. The first-order valence-electron chi connectivity index (χ1n) is 1.38. The van der Waals surface area contributed by atoms with Crippen LogP contribution in [0.5, 0.6) is 0 Å². The first-order valence-corrected chi connectivity index (χ1v) is 7.72. The predicted octanol–water partition coefficient (Wildman–Crippen LogP) is -0.261. The van der Waals surface area contributed by atoms with Crippen LogP contribution < -0.4 is 4.13 Å². The van der Waals surface area contributed by atoms with Gasteiger partial charge in [-0.2, -0.15) is 8.42 Å². The summed E-state index contributed by atoms with van der Waals surface area (Å²) in [4.78, 5) is 0. The lowest BCUT2D eigenvalue weighted by Gasteiger charge is -1.90. The highest BCUT2D eigenvalue weighted by molar-refractivity contribution is 14.2. The zero-order chi connectivity index (χ0) is 7.71. The van der Waals surface area contributed by atoms with E-state index in [1.54, 1.807) is 0 Å². The summed E-state index contributed by atoms with van der Waals surface area (Å²) >= 11 is 0.899. The average molecular weight is 306 g/mol. The van der Waals surface area contributed by atoms with Crippen LogP contribution in [0.25, 0.3) is 0 Å². The van der Waals surface area contributed by atoms with Crippen molar-refractivity contribution in [3.05, 3.63) is 0 Å². The number of hydrogen-bond donors (Lipinski definition) is 1. The molecular formula is HClINO4S2. The topological polar surface area (TPSA) is 80.3 Å². The maximum absolute atomic E-state index is 10.1. The first kappa shape index (κ1) is 9.88. The lowest BCUT2D eigenvalue weighted by Crippen LogP contribution is -2.21. The molecule has 1 N–H and O–H groups in total. The highest BCUT2D eigenvalue weighted by Gasteiger charge is 2.12. The molecule has 0 aromatic heterocycles. The van der Waals surface area contributed by atoms with E-state index in [9.17, 15) is 16.8 Å². The van der Waals surface area contributed by atoms with Gasteiger partial charge in [0.25, 0.3) is 7.19 Å². The standard InChI is InChI=1S/ClHINO4S2/c1-8(4,5)3-9(2,6)7/h3H. The molecule has 0 bridgehead atoms. The number of rotatable bonds is 2.